The van der Waals surface area contributed by atoms with Crippen molar-refractivity contribution in [2.75, 3.05) is 0 Å². The van der Waals surface area contributed by atoms with Gasteiger partial charge in [-0.2, -0.15) is 4.57 Å². The predicted molar refractivity (Wildman–Crippen MR) is 69.9 cm³/mol. The van der Waals surface area contributed by atoms with Gasteiger partial charge in [0.2, 0.25) is 5.69 Å². The Morgan fingerprint density at radius 3 is 1.62 bits per heavy atom. The lowest BCUT2D eigenvalue weighted by atomic mass is 10.2. The molecule has 0 aliphatic heterocycles. The Labute approximate surface area is 134 Å². The van der Waals surface area contributed by atoms with Gasteiger partial charge in [0.25, 0.3) is 0 Å². The van der Waals surface area contributed by atoms with E-state index in [4.69, 9.17) is 18.6 Å². The Balaban J connectivity index is 0.000000383. The molecule has 0 amide bonds. The average Bonchev–Trinajstić information content (AvgIpc) is 2.28. The fraction of sp³-hybridized carbons (Fsp3) is 0.214. The van der Waals surface area contributed by atoms with Gasteiger partial charge in [-0.15, -0.1) is 10.2 Å². The van der Waals surface area contributed by atoms with E-state index >= 15 is 0 Å². The molecular weight excluding hydrogens is 362 g/mol. The maximum Gasteiger partial charge on any atom is 0.211 e. The van der Waals surface area contributed by atoms with Gasteiger partial charge in [0, 0.05) is 42.6 Å². The molecule has 0 saturated carbocycles. The molecule has 0 atom stereocenters. The van der Waals surface area contributed by atoms with Crippen LogP contribution in [-0.4, -0.2) is 0 Å². The minimum Gasteiger partial charge on any atom is -0.222 e. The molecule has 5 nitrogen and oxygen atoms in total. The molecule has 21 heavy (non-hydrogen) atoms. The fourth-order valence-electron chi connectivity index (χ4n) is 2.11. The molecule has 1 aromatic carbocycles. The molecule has 114 valence electrons. The highest BCUT2D eigenvalue weighted by molar-refractivity contribution is 9.10. The predicted octanol–water partition coefficient (Wildman–Crippen LogP) is -1.10. The number of hydrogen-bond acceptors (Lipinski definition) is 4. The molecule has 0 aliphatic carbocycles. The van der Waals surface area contributed by atoms with E-state index in [2.05, 4.69) is 77.7 Å². The normalized spacial score (nSPS) is 10.9. The van der Waals surface area contributed by atoms with Gasteiger partial charge in [-0.05, 0) is 24.6 Å². The van der Waals surface area contributed by atoms with E-state index in [1.165, 1.54) is 22.6 Å². The summed E-state index contributed by atoms with van der Waals surface area (Å²) in [6.45, 7) is 6.41. The summed E-state index contributed by atoms with van der Waals surface area (Å²) in [7, 11) is -4.94. The van der Waals surface area contributed by atoms with E-state index < -0.39 is 10.2 Å². The van der Waals surface area contributed by atoms with Crippen molar-refractivity contribution in [1.82, 2.24) is 0 Å². The van der Waals surface area contributed by atoms with Crippen molar-refractivity contribution < 1.29 is 33.4 Å². The molecule has 0 spiro atoms. The highest BCUT2D eigenvalue weighted by Gasteiger charge is 2.14. The molecule has 0 unspecified atom stereocenters. The molecule has 0 bridgehead atoms. The second-order valence-corrected chi connectivity index (χ2v) is 6.18. The number of aromatic nitrogens is 1. The van der Waals surface area contributed by atoms with Crippen molar-refractivity contribution in [3.63, 3.8) is 0 Å². The van der Waals surface area contributed by atoms with Crippen molar-refractivity contribution in [2.45, 2.75) is 20.8 Å². The molecular formula is C14H15BrClNO4. The topological polar surface area (TPSA) is 96.1 Å². The van der Waals surface area contributed by atoms with Gasteiger partial charge < -0.3 is 0 Å². The Kier molecular flexibility index (Phi) is 6.27. The number of hydrogen-bond donors (Lipinski definition) is 0. The van der Waals surface area contributed by atoms with Gasteiger partial charge in [-0.1, -0.05) is 15.9 Å². The summed E-state index contributed by atoms with van der Waals surface area (Å²) >= 11 is 3.46. The summed E-state index contributed by atoms with van der Waals surface area (Å²) in [6, 6.07) is 12.8. The molecule has 0 saturated heterocycles. The van der Waals surface area contributed by atoms with E-state index in [0.717, 1.165) is 4.47 Å². The minimum absolute atomic E-state index is 1.11. The van der Waals surface area contributed by atoms with E-state index in [1.807, 2.05) is 0 Å². The van der Waals surface area contributed by atoms with E-state index in [9.17, 15) is 0 Å². The zero-order valence-corrected chi connectivity index (χ0v) is 14.1. The number of pyridine rings is 1. The van der Waals surface area contributed by atoms with Crippen LogP contribution in [0, 0.1) is 31.0 Å². The van der Waals surface area contributed by atoms with Crippen LogP contribution in [0.4, 0.5) is 0 Å². The van der Waals surface area contributed by atoms with Crippen LogP contribution in [0.5, 0.6) is 0 Å². The Hall–Kier alpha value is -1.02. The third kappa shape index (κ3) is 6.52. The molecule has 7 heteroatoms. The average molecular weight is 377 g/mol. The van der Waals surface area contributed by atoms with E-state index in [-0.39, 0.29) is 0 Å². The lowest BCUT2D eigenvalue weighted by Gasteiger charge is -2.17. The van der Waals surface area contributed by atoms with Crippen molar-refractivity contribution in [3.8, 4) is 5.69 Å². The third-order valence-corrected chi connectivity index (χ3v) is 3.19. The first-order valence-corrected chi connectivity index (χ1v) is 7.98. The monoisotopic (exact) mass is 375 g/mol. The van der Waals surface area contributed by atoms with Crippen LogP contribution in [0.3, 0.4) is 0 Å². The van der Waals surface area contributed by atoms with Gasteiger partial charge in [0.15, 0.2) is 11.4 Å². The standard InChI is InChI=1S/C14H15BrN.ClHO4/c1-10-8-11(2)16(12(3)9-10)14-6-4-13(15)5-7-14;2-1(3,4)5/h4-9H,1-3H3;(H,2,3,4,5)/q+1;/p-1. The number of aryl methyl sites for hydroxylation is 3. The van der Waals surface area contributed by atoms with Crippen molar-refractivity contribution in [1.29, 1.82) is 0 Å². The minimum atomic E-state index is -4.94. The summed E-state index contributed by atoms with van der Waals surface area (Å²) in [5, 5.41) is 0. The van der Waals surface area contributed by atoms with Crippen molar-refractivity contribution in [3.05, 3.63) is 57.8 Å². The fourth-order valence-corrected chi connectivity index (χ4v) is 2.37. The molecule has 2 aromatic rings. The summed E-state index contributed by atoms with van der Waals surface area (Å²) in [4.78, 5) is 0. The highest BCUT2D eigenvalue weighted by Crippen LogP contribution is 2.12. The molecule has 0 radical (unpaired) electrons. The van der Waals surface area contributed by atoms with Crippen LogP contribution in [0.15, 0.2) is 40.9 Å². The van der Waals surface area contributed by atoms with Crippen molar-refractivity contribution >= 4 is 15.9 Å². The summed E-state index contributed by atoms with van der Waals surface area (Å²) < 4.78 is 37.3. The maximum atomic E-state index is 8.49. The Morgan fingerprint density at radius 1 is 0.857 bits per heavy atom. The molecule has 0 N–H and O–H groups in total. The number of nitrogens with zero attached hydrogens (tertiary/aromatic N) is 1. The summed E-state index contributed by atoms with van der Waals surface area (Å²) in [5.74, 6) is 0. The molecule has 2 rings (SSSR count). The van der Waals surface area contributed by atoms with E-state index in [1.54, 1.807) is 0 Å². The first-order chi connectivity index (χ1) is 9.58. The van der Waals surface area contributed by atoms with Crippen LogP contribution < -0.4 is 23.2 Å². The number of halogens is 2. The highest BCUT2D eigenvalue weighted by atomic mass is 79.9. The van der Waals surface area contributed by atoms with Gasteiger partial charge in [-0.3, -0.25) is 0 Å². The maximum absolute atomic E-state index is 8.49. The molecule has 0 fully saturated rings. The molecule has 0 aliphatic rings. The van der Waals surface area contributed by atoms with E-state index in [0.29, 0.717) is 0 Å². The largest absolute Gasteiger partial charge is 0.222 e. The number of rotatable bonds is 1. The second-order valence-electron chi connectivity index (χ2n) is 4.51. The summed E-state index contributed by atoms with van der Waals surface area (Å²) in [6.07, 6.45) is 0. The number of benzene rings is 1. The van der Waals surface area contributed by atoms with Crippen LogP contribution in [0.25, 0.3) is 5.69 Å². The smallest absolute Gasteiger partial charge is 0.211 e. The van der Waals surface area contributed by atoms with Crippen LogP contribution in [-0.2, 0) is 0 Å². The van der Waals surface area contributed by atoms with Crippen LogP contribution in [0.2, 0.25) is 0 Å². The lowest BCUT2D eigenvalue weighted by Crippen LogP contribution is -2.68. The van der Waals surface area contributed by atoms with Crippen LogP contribution in [0.1, 0.15) is 17.0 Å². The third-order valence-electron chi connectivity index (χ3n) is 2.66. The van der Waals surface area contributed by atoms with Gasteiger partial charge in [0.1, 0.15) is 0 Å². The lowest BCUT2D eigenvalue weighted by molar-refractivity contribution is -2.00. The molecule has 1 heterocycles. The van der Waals surface area contributed by atoms with Gasteiger partial charge >= 0.3 is 0 Å². The van der Waals surface area contributed by atoms with Gasteiger partial charge in [0.05, 0.1) is 0 Å². The van der Waals surface area contributed by atoms with Crippen LogP contribution >= 0.6 is 15.9 Å². The molecule has 1 aromatic heterocycles. The zero-order chi connectivity index (χ0) is 16.2. The summed E-state index contributed by atoms with van der Waals surface area (Å²) in [5.41, 5.74) is 5.04. The SMILES string of the molecule is Cc1cc(C)[n+](-c2ccc(Br)cc2)c(C)c1.[O-][Cl+3]([O-])([O-])[O-]. The van der Waals surface area contributed by atoms with Crippen molar-refractivity contribution in [2.24, 2.45) is 0 Å². The Morgan fingerprint density at radius 2 is 1.24 bits per heavy atom. The zero-order valence-electron chi connectivity index (χ0n) is 11.8. The first kappa shape index (κ1) is 18.0. The Bertz CT molecular complexity index is 582. The quantitative estimate of drug-likeness (QED) is 0.590. The second kappa shape index (κ2) is 7.31. The van der Waals surface area contributed by atoms with Gasteiger partial charge in [-0.25, -0.2) is 18.6 Å². The first-order valence-electron chi connectivity index (χ1n) is 5.95.